The number of para-hydroxylation sites is 1. The molecular weight excluding hydrogens is 348 g/mol. The van der Waals surface area contributed by atoms with Gasteiger partial charge in [0.05, 0.1) is 11.6 Å². The lowest BCUT2D eigenvalue weighted by molar-refractivity contribution is 0.120. The molecule has 1 atom stereocenters. The molecule has 1 aliphatic heterocycles. The second kappa shape index (κ2) is 7.48. The van der Waals surface area contributed by atoms with Crippen molar-refractivity contribution in [3.63, 3.8) is 0 Å². The second-order valence-electron chi connectivity index (χ2n) is 6.51. The third-order valence-electron chi connectivity index (χ3n) is 4.57. The van der Waals surface area contributed by atoms with E-state index in [2.05, 4.69) is 15.6 Å². The fraction of sp³-hybridized carbons (Fsp3) is 0.300. The number of nitrogens with one attached hydrogen (secondary N) is 2. The summed E-state index contributed by atoms with van der Waals surface area (Å²) in [4.78, 5) is 9.34. The maximum Gasteiger partial charge on any atom is 0.229 e. The molecule has 2 heterocycles. The first-order chi connectivity index (χ1) is 12.7. The van der Waals surface area contributed by atoms with Crippen molar-refractivity contribution < 1.29 is 4.74 Å². The zero-order chi connectivity index (χ0) is 17.9. The lowest BCUT2D eigenvalue weighted by atomic mass is 10.2. The SMILES string of the molecule is Cc1ccc(Cl)cc1Nc1nc(NCC2CCCO2)c2ccccc2n1. The Labute approximate surface area is 157 Å². The Kier molecular flexibility index (Phi) is 4.91. The monoisotopic (exact) mass is 368 g/mol. The topological polar surface area (TPSA) is 59.1 Å². The normalized spacial score (nSPS) is 16.8. The molecule has 1 aromatic heterocycles. The average molecular weight is 369 g/mol. The number of ether oxygens (including phenoxy) is 1. The molecule has 0 spiro atoms. The molecule has 2 aromatic carbocycles. The summed E-state index contributed by atoms with van der Waals surface area (Å²) in [6, 6.07) is 13.7. The summed E-state index contributed by atoms with van der Waals surface area (Å²) in [5.74, 6) is 1.36. The van der Waals surface area contributed by atoms with Gasteiger partial charge in [-0.05, 0) is 49.6 Å². The van der Waals surface area contributed by atoms with Crippen LogP contribution in [0.25, 0.3) is 10.9 Å². The molecule has 0 aliphatic carbocycles. The first-order valence-electron chi connectivity index (χ1n) is 8.84. The van der Waals surface area contributed by atoms with Crippen LogP contribution in [0.4, 0.5) is 17.5 Å². The Balaban J connectivity index is 1.65. The van der Waals surface area contributed by atoms with Crippen LogP contribution >= 0.6 is 11.6 Å². The maximum absolute atomic E-state index is 6.12. The van der Waals surface area contributed by atoms with E-state index in [1.807, 2.05) is 49.4 Å². The predicted molar refractivity (Wildman–Crippen MR) is 106 cm³/mol. The molecule has 0 radical (unpaired) electrons. The molecule has 0 amide bonds. The summed E-state index contributed by atoms with van der Waals surface area (Å²) in [6.45, 7) is 3.62. The molecule has 3 aromatic rings. The van der Waals surface area contributed by atoms with Crippen LogP contribution < -0.4 is 10.6 Å². The van der Waals surface area contributed by atoms with Crippen LogP contribution in [0.15, 0.2) is 42.5 Å². The average Bonchev–Trinajstić information content (AvgIpc) is 3.16. The Hall–Kier alpha value is -2.37. The van der Waals surface area contributed by atoms with Crippen LogP contribution in [0.5, 0.6) is 0 Å². The van der Waals surface area contributed by atoms with Crippen molar-refractivity contribution in [1.29, 1.82) is 0 Å². The van der Waals surface area contributed by atoms with Crippen molar-refractivity contribution >= 4 is 40.0 Å². The third kappa shape index (κ3) is 3.74. The van der Waals surface area contributed by atoms with E-state index >= 15 is 0 Å². The van der Waals surface area contributed by atoms with Crippen molar-refractivity contribution in [1.82, 2.24) is 9.97 Å². The molecule has 1 aliphatic rings. The van der Waals surface area contributed by atoms with Crippen molar-refractivity contribution in [2.75, 3.05) is 23.8 Å². The summed E-state index contributed by atoms with van der Waals surface area (Å²) in [5, 5.41) is 8.41. The van der Waals surface area contributed by atoms with Crippen molar-refractivity contribution in [2.45, 2.75) is 25.9 Å². The number of hydrogen-bond acceptors (Lipinski definition) is 5. The Morgan fingerprint density at radius 2 is 2.08 bits per heavy atom. The zero-order valence-corrected chi connectivity index (χ0v) is 15.4. The van der Waals surface area contributed by atoms with Crippen LogP contribution in [-0.4, -0.2) is 29.2 Å². The third-order valence-corrected chi connectivity index (χ3v) is 4.81. The summed E-state index contributed by atoms with van der Waals surface area (Å²) < 4.78 is 5.71. The van der Waals surface area contributed by atoms with Crippen LogP contribution in [0.3, 0.4) is 0 Å². The van der Waals surface area contributed by atoms with Gasteiger partial charge in [0.1, 0.15) is 5.82 Å². The highest BCUT2D eigenvalue weighted by atomic mass is 35.5. The van der Waals surface area contributed by atoms with Gasteiger partial charge in [0, 0.05) is 29.2 Å². The lowest BCUT2D eigenvalue weighted by Crippen LogP contribution is -2.19. The van der Waals surface area contributed by atoms with Gasteiger partial charge in [0.2, 0.25) is 5.95 Å². The molecule has 0 bridgehead atoms. The summed E-state index contributed by atoms with van der Waals surface area (Å²) in [7, 11) is 0. The molecule has 0 saturated carbocycles. The lowest BCUT2D eigenvalue weighted by Gasteiger charge is -2.15. The maximum atomic E-state index is 6.12. The number of aromatic nitrogens is 2. The summed E-state index contributed by atoms with van der Waals surface area (Å²) in [6.07, 6.45) is 2.45. The number of hydrogen-bond donors (Lipinski definition) is 2. The van der Waals surface area contributed by atoms with Gasteiger partial charge in [-0.15, -0.1) is 0 Å². The van der Waals surface area contributed by atoms with E-state index in [9.17, 15) is 0 Å². The van der Waals surface area contributed by atoms with E-state index in [1.54, 1.807) is 0 Å². The Morgan fingerprint density at radius 1 is 1.19 bits per heavy atom. The molecule has 134 valence electrons. The molecule has 1 saturated heterocycles. The number of nitrogens with zero attached hydrogens (tertiary/aromatic N) is 2. The van der Waals surface area contributed by atoms with E-state index in [1.165, 1.54) is 0 Å². The molecule has 5 nitrogen and oxygen atoms in total. The van der Waals surface area contributed by atoms with Gasteiger partial charge < -0.3 is 15.4 Å². The molecular formula is C20H21ClN4O. The summed E-state index contributed by atoms with van der Waals surface area (Å²) in [5.41, 5.74) is 2.87. The van der Waals surface area contributed by atoms with Crippen molar-refractivity contribution in [3.05, 3.63) is 53.1 Å². The van der Waals surface area contributed by atoms with Crippen molar-refractivity contribution in [3.8, 4) is 0 Å². The highest BCUT2D eigenvalue weighted by Crippen LogP contribution is 2.27. The van der Waals surface area contributed by atoms with Gasteiger partial charge in [-0.2, -0.15) is 4.98 Å². The molecule has 2 N–H and O–H groups in total. The van der Waals surface area contributed by atoms with Crippen LogP contribution in [-0.2, 0) is 4.74 Å². The number of anilines is 3. The summed E-state index contributed by atoms with van der Waals surface area (Å²) >= 11 is 6.12. The molecule has 26 heavy (non-hydrogen) atoms. The largest absolute Gasteiger partial charge is 0.376 e. The molecule has 6 heteroatoms. The predicted octanol–water partition coefficient (Wildman–Crippen LogP) is 4.93. The standard InChI is InChI=1S/C20H21ClN4O/c1-13-8-9-14(21)11-18(13)24-20-23-17-7-3-2-6-16(17)19(25-20)22-12-15-5-4-10-26-15/h2-3,6-9,11,15H,4-5,10,12H2,1H3,(H2,22,23,24,25). The van der Waals surface area contributed by atoms with Gasteiger partial charge in [-0.1, -0.05) is 29.8 Å². The van der Waals surface area contributed by atoms with Gasteiger partial charge in [0.15, 0.2) is 0 Å². The van der Waals surface area contributed by atoms with E-state index in [-0.39, 0.29) is 6.10 Å². The number of rotatable bonds is 5. The Morgan fingerprint density at radius 3 is 2.92 bits per heavy atom. The minimum Gasteiger partial charge on any atom is -0.376 e. The number of benzene rings is 2. The number of aryl methyl sites for hydroxylation is 1. The van der Waals surface area contributed by atoms with Crippen LogP contribution in [0.2, 0.25) is 5.02 Å². The quantitative estimate of drug-likeness (QED) is 0.669. The van der Waals surface area contributed by atoms with Crippen molar-refractivity contribution in [2.24, 2.45) is 0 Å². The minimum atomic E-state index is 0.246. The molecule has 1 fully saturated rings. The first kappa shape index (κ1) is 17.1. The van der Waals surface area contributed by atoms with E-state index in [0.29, 0.717) is 11.0 Å². The van der Waals surface area contributed by atoms with Crippen LogP contribution in [0.1, 0.15) is 18.4 Å². The van der Waals surface area contributed by atoms with Crippen LogP contribution in [0, 0.1) is 6.92 Å². The first-order valence-corrected chi connectivity index (χ1v) is 9.22. The van der Waals surface area contributed by atoms with E-state index < -0.39 is 0 Å². The fourth-order valence-electron chi connectivity index (χ4n) is 3.13. The second-order valence-corrected chi connectivity index (χ2v) is 6.95. The highest BCUT2D eigenvalue weighted by Gasteiger charge is 2.16. The van der Waals surface area contributed by atoms with E-state index in [4.69, 9.17) is 21.3 Å². The van der Waals surface area contributed by atoms with Gasteiger partial charge in [0.25, 0.3) is 0 Å². The number of fused-ring (bicyclic) bond motifs is 1. The fourth-order valence-corrected chi connectivity index (χ4v) is 3.30. The van der Waals surface area contributed by atoms with E-state index in [0.717, 1.165) is 54.0 Å². The van der Waals surface area contributed by atoms with Gasteiger partial charge in [-0.3, -0.25) is 0 Å². The minimum absolute atomic E-state index is 0.246. The van der Waals surface area contributed by atoms with Gasteiger partial charge in [-0.25, -0.2) is 4.98 Å². The highest BCUT2D eigenvalue weighted by molar-refractivity contribution is 6.30. The van der Waals surface area contributed by atoms with Gasteiger partial charge >= 0.3 is 0 Å². The Bertz CT molecular complexity index is 925. The molecule has 1 unspecified atom stereocenters. The zero-order valence-electron chi connectivity index (χ0n) is 14.6. The smallest absolute Gasteiger partial charge is 0.229 e. The molecule has 4 rings (SSSR count). The number of halogens is 1.